The Labute approximate surface area is 144 Å². The number of hydrogen-bond donors (Lipinski definition) is 2. The maximum Gasteiger partial charge on any atom is 0.230 e. The van der Waals surface area contributed by atoms with Crippen LogP contribution in [-0.4, -0.2) is 24.7 Å². The standard InChI is InChI=1S/C16H18ClN7/c1-9-12(10(2)18)4-5-13(14(9)17)15-19-8-20-16(23-15)22-11-6-21-24(3)7-11/h4-8,10H,18H2,1-3H3,(H,19,20,22,23)/t10-/m1/s1. The van der Waals surface area contributed by atoms with Gasteiger partial charge in [0.05, 0.1) is 16.9 Å². The van der Waals surface area contributed by atoms with Crippen LogP contribution in [0.4, 0.5) is 11.6 Å². The first kappa shape index (κ1) is 16.4. The van der Waals surface area contributed by atoms with Crippen molar-refractivity contribution >= 4 is 23.2 Å². The van der Waals surface area contributed by atoms with Gasteiger partial charge >= 0.3 is 0 Å². The van der Waals surface area contributed by atoms with Gasteiger partial charge in [-0.3, -0.25) is 4.68 Å². The van der Waals surface area contributed by atoms with E-state index in [4.69, 9.17) is 17.3 Å². The number of halogens is 1. The zero-order chi connectivity index (χ0) is 17.3. The van der Waals surface area contributed by atoms with Crippen molar-refractivity contribution in [3.05, 3.63) is 47.0 Å². The van der Waals surface area contributed by atoms with Gasteiger partial charge in [-0.2, -0.15) is 10.1 Å². The van der Waals surface area contributed by atoms with E-state index in [9.17, 15) is 0 Å². The first-order chi connectivity index (χ1) is 11.5. The van der Waals surface area contributed by atoms with Gasteiger partial charge in [0.2, 0.25) is 5.95 Å². The molecule has 0 fully saturated rings. The summed E-state index contributed by atoms with van der Waals surface area (Å²) in [5.41, 5.74) is 9.45. The molecule has 0 aliphatic heterocycles. The van der Waals surface area contributed by atoms with Gasteiger partial charge in [-0.1, -0.05) is 17.7 Å². The SMILES string of the molecule is Cc1c([C@@H](C)N)ccc(-c2ncnc(Nc3cnn(C)c3)n2)c1Cl. The Balaban J connectivity index is 1.95. The van der Waals surface area contributed by atoms with E-state index < -0.39 is 0 Å². The summed E-state index contributed by atoms with van der Waals surface area (Å²) in [6, 6.07) is 3.76. The van der Waals surface area contributed by atoms with Crippen molar-refractivity contribution in [2.75, 3.05) is 5.32 Å². The molecule has 2 aromatic heterocycles. The van der Waals surface area contributed by atoms with E-state index in [-0.39, 0.29) is 6.04 Å². The van der Waals surface area contributed by atoms with Crippen LogP contribution in [0.5, 0.6) is 0 Å². The van der Waals surface area contributed by atoms with Crippen LogP contribution in [0.2, 0.25) is 5.02 Å². The van der Waals surface area contributed by atoms with Crippen LogP contribution in [0.25, 0.3) is 11.4 Å². The molecule has 0 amide bonds. The fourth-order valence-corrected chi connectivity index (χ4v) is 2.72. The second kappa shape index (κ2) is 6.54. The molecule has 0 spiro atoms. The smallest absolute Gasteiger partial charge is 0.230 e. The largest absolute Gasteiger partial charge is 0.324 e. The predicted molar refractivity (Wildman–Crippen MR) is 94.1 cm³/mol. The monoisotopic (exact) mass is 343 g/mol. The van der Waals surface area contributed by atoms with E-state index in [0.29, 0.717) is 16.8 Å². The van der Waals surface area contributed by atoms with Gasteiger partial charge in [-0.15, -0.1) is 0 Å². The Hall–Kier alpha value is -2.51. The minimum absolute atomic E-state index is 0.0854. The third-order valence-electron chi connectivity index (χ3n) is 3.69. The number of nitrogens with zero attached hydrogens (tertiary/aromatic N) is 5. The minimum atomic E-state index is -0.0854. The molecule has 3 rings (SSSR count). The summed E-state index contributed by atoms with van der Waals surface area (Å²) in [6.07, 6.45) is 4.97. The first-order valence-electron chi connectivity index (χ1n) is 7.45. The zero-order valence-electron chi connectivity index (χ0n) is 13.7. The van der Waals surface area contributed by atoms with E-state index in [2.05, 4.69) is 25.4 Å². The first-order valence-corrected chi connectivity index (χ1v) is 7.83. The van der Waals surface area contributed by atoms with Crippen LogP contribution in [0.3, 0.4) is 0 Å². The van der Waals surface area contributed by atoms with Gasteiger partial charge in [0.15, 0.2) is 5.82 Å². The number of anilines is 2. The number of hydrogen-bond acceptors (Lipinski definition) is 6. The van der Waals surface area contributed by atoms with Crippen molar-refractivity contribution in [3.8, 4) is 11.4 Å². The van der Waals surface area contributed by atoms with Crippen molar-refractivity contribution in [1.29, 1.82) is 0 Å². The molecule has 0 bridgehead atoms. The normalized spacial score (nSPS) is 12.2. The van der Waals surface area contributed by atoms with Crippen LogP contribution < -0.4 is 11.1 Å². The zero-order valence-corrected chi connectivity index (χ0v) is 14.4. The van der Waals surface area contributed by atoms with E-state index in [1.54, 1.807) is 10.9 Å². The number of rotatable bonds is 4. The Morgan fingerprint density at radius 2 is 2.08 bits per heavy atom. The van der Waals surface area contributed by atoms with E-state index >= 15 is 0 Å². The average Bonchev–Trinajstić information content (AvgIpc) is 2.95. The second-order valence-electron chi connectivity index (χ2n) is 5.59. The van der Waals surface area contributed by atoms with Gasteiger partial charge in [0, 0.05) is 24.8 Å². The lowest BCUT2D eigenvalue weighted by molar-refractivity contribution is 0.768. The van der Waals surface area contributed by atoms with Gasteiger partial charge < -0.3 is 11.1 Å². The molecular formula is C16H18ClN7. The summed E-state index contributed by atoms with van der Waals surface area (Å²) in [5.74, 6) is 0.929. The van der Waals surface area contributed by atoms with Gasteiger partial charge in [0.25, 0.3) is 0 Å². The summed E-state index contributed by atoms with van der Waals surface area (Å²) < 4.78 is 1.69. The summed E-state index contributed by atoms with van der Waals surface area (Å²) in [6.45, 7) is 3.87. The van der Waals surface area contributed by atoms with Crippen LogP contribution in [-0.2, 0) is 7.05 Å². The molecule has 8 heteroatoms. The maximum atomic E-state index is 6.50. The lowest BCUT2D eigenvalue weighted by Gasteiger charge is -2.14. The molecule has 1 atom stereocenters. The molecule has 0 aliphatic carbocycles. The van der Waals surface area contributed by atoms with Gasteiger partial charge in [-0.05, 0) is 31.0 Å². The molecule has 1 aromatic carbocycles. The lowest BCUT2D eigenvalue weighted by atomic mass is 10.00. The summed E-state index contributed by atoms with van der Waals surface area (Å²) in [5, 5.41) is 7.79. The molecule has 3 N–H and O–H groups in total. The molecule has 0 radical (unpaired) electrons. The molecule has 0 aliphatic rings. The number of nitrogens with two attached hydrogens (primary N) is 1. The fraction of sp³-hybridized carbons (Fsp3) is 0.250. The van der Waals surface area contributed by atoms with E-state index in [0.717, 1.165) is 22.4 Å². The quantitative estimate of drug-likeness (QED) is 0.756. The topological polar surface area (TPSA) is 94.5 Å². The fourth-order valence-electron chi connectivity index (χ4n) is 2.47. The molecule has 2 heterocycles. The number of nitrogens with one attached hydrogen (secondary N) is 1. The van der Waals surface area contributed by atoms with Crippen molar-refractivity contribution in [2.45, 2.75) is 19.9 Å². The van der Waals surface area contributed by atoms with Crippen LogP contribution in [0.1, 0.15) is 24.1 Å². The van der Waals surface area contributed by atoms with Gasteiger partial charge in [0.1, 0.15) is 6.33 Å². The molecule has 0 saturated heterocycles. The number of benzene rings is 1. The lowest BCUT2D eigenvalue weighted by Crippen LogP contribution is -2.08. The number of aromatic nitrogens is 5. The predicted octanol–water partition coefficient (Wildman–Crippen LogP) is 3.00. The maximum absolute atomic E-state index is 6.50. The molecule has 124 valence electrons. The Morgan fingerprint density at radius 3 is 2.75 bits per heavy atom. The van der Waals surface area contributed by atoms with Crippen LogP contribution in [0.15, 0.2) is 30.9 Å². The van der Waals surface area contributed by atoms with Crippen LogP contribution in [0, 0.1) is 6.92 Å². The Bertz CT molecular complexity index is 873. The highest BCUT2D eigenvalue weighted by atomic mass is 35.5. The Kier molecular flexibility index (Phi) is 4.46. The summed E-state index contributed by atoms with van der Waals surface area (Å²) in [4.78, 5) is 12.8. The van der Waals surface area contributed by atoms with Crippen molar-refractivity contribution in [1.82, 2.24) is 24.7 Å². The van der Waals surface area contributed by atoms with Crippen molar-refractivity contribution in [3.63, 3.8) is 0 Å². The van der Waals surface area contributed by atoms with Crippen molar-refractivity contribution < 1.29 is 0 Å². The van der Waals surface area contributed by atoms with Gasteiger partial charge in [-0.25, -0.2) is 9.97 Å². The summed E-state index contributed by atoms with van der Waals surface area (Å²) in [7, 11) is 1.84. The van der Waals surface area contributed by atoms with Crippen LogP contribution >= 0.6 is 11.6 Å². The minimum Gasteiger partial charge on any atom is -0.324 e. The third-order valence-corrected chi connectivity index (χ3v) is 4.18. The van der Waals surface area contributed by atoms with Crippen molar-refractivity contribution in [2.24, 2.45) is 12.8 Å². The molecule has 7 nitrogen and oxygen atoms in total. The third kappa shape index (κ3) is 3.22. The molecular weight excluding hydrogens is 326 g/mol. The molecule has 0 saturated carbocycles. The summed E-state index contributed by atoms with van der Waals surface area (Å²) >= 11 is 6.50. The Morgan fingerprint density at radius 1 is 1.29 bits per heavy atom. The average molecular weight is 344 g/mol. The van der Waals surface area contributed by atoms with E-state index in [1.165, 1.54) is 6.33 Å². The highest BCUT2D eigenvalue weighted by Gasteiger charge is 2.14. The molecule has 24 heavy (non-hydrogen) atoms. The molecule has 0 unspecified atom stereocenters. The highest BCUT2D eigenvalue weighted by molar-refractivity contribution is 6.34. The number of aryl methyl sites for hydroxylation is 1. The highest BCUT2D eigenvalue weighted by Crippen LogP contribution is 2.32. The molecule has 3 aromatic rings. The second-order valence-corrected chi connectivity index (χ2v) is 5.97. The van der Waals surface area contributed by atoms with E-state index in [1.807, 2.05) is 39.2 Å².